The van der Waals surface area contributed by atoms with Gasteiger partial charge in [0.2, 0.25) is 15.9 Å². The smallest absolute Gasteiger partial charge is 0.253 e. The second-order valence-corrected chi connectivity index (χ2v) is 8.40. The SMILES string of the molecule is CC(C)NS(=O)(=O)c1ccc(Cl)c(C(=O)NCC(=O)Nc2ccc(F)c(F)c2)c1. The summed E-state index contributed by atoms with van der Waals surface area (Å²) in [4.78, 5) is 24.1. The minimum atomic E-state index is -3.85. The van der Waals surface area contributed by atoms with Gasteiger partial charge in [-0.25, -0.2) is 21.9 Å². The Morgan fingerprint density at radius 3 is 2.38 bits per heavy atom. The molecule has 0 saturated carbocycles. The first-order valence-electron chi connectivity index (χ1n) is 8.34. The number of hydrogen-bond acceptors (Lipinski definition) is 4. The normalized spacial score (nSPS) is 11.4. The molecule has 0 saturated heterocycles. The van der Waals surface area contributed by atoms with Gasteiger partial charge in [-0.3, -0.25) is 9.59 Å². The maximum atomic E-state index is 13.2. The summed E-state index contributed by atoms with van der Waals surface area (Å²) >= 11 is 5.97. The number of carbonyl (C=O) groups is 2. The average molecular weight is 446 g/mol. The van der Waals surface area contributed by atoms with E-state index in [0.29, 0.717) is 0 Å². The lowest BCUT2D eigenvalue weighted by Crippen LogP contribution is -2.33. The molecule has 156 valence electrons. The second-order valence-electron chi connectivity index (χ2n) is 6.28. The Kier molecular flexibility index (Phi) is 7.28. The molecule has 29 heavy (non-hydrogen) atoms. The fraction of sp³-hybridized carbons (Fsp3) is 0.222. The zero-order chi connectivity index (χ0) is 21.8. The Balaban J connectivity index is 2.07. The summed E-state index contributed by atoms with van der Waals surface area (Å²) in [6.45, 7) is 2.79. The van der Waals surface area contributed by atoms with Gasteiger partial charge in [0.05, 0.1) is 22.0 Å². The van der Waals surface area contributed by atoms with Crippen LogP contribution in [0.4, 0.5) is 14.5 Å². The summed E-state index contributed by atoms with van der Waals surface area (Å²) < 4.78 is 52.9. The number of nitrogens with one attached hydrogen (secondary N) is 3. The van der Waals surface area contributed by atoms with Gasteiger partial charge < -0.3 is 10.6 Å². The third-order valence-electron chi connectivity index (χ3n) is 3.50. The molecule has 0 fully saturated rings. The molecule has 0 unspecified atom stereocenters. The van der Waals surface area contributed by atoms with E-state index in [4.69, 9.17) is 11.6 Å². The van der Waals surface area contributed by atoms with Gasteiger partial charge in [0.1, 0.15) is 0 Å². The minimum Gasteiger partial charge on any atom is -0.343 e. The van der Waals surface area contributed by atoms with Crippen molar-refractivity contribution in [3.63, 3.8) is 0 Å². The van der Waals surface area contributed by atoms with Gasteiger partial charge >= 0.3 is 0 Å². The van der Waals surface area contributed by atoms with Crippen molar-refractivity contribution in [2.45, 2.75) is 24.8 Å². The van der Waals surface area contributed by atoms with E-state index >= 15 is 0 Å². The topological polar surface area (TPSA) is 104 Å². The van der Waals surface area contributed by atoms with E-state index < -0.39 is 40.0 Å². The lowest BCUT2D eigenvalue weighted by atomic mass is 10.2. The zero-order valence-corrected chi connectivity index (χ0v) is 17.0. The molecule has 0 heterocycles. The second kappa shape index (κ2) is 9.29. The summed E-state index contributed by atoms with van der Waals surface area (Å²) in [7, 11) is -3.85. The molecule has 2 rings (SSSR count). The summed E-state index contributed by atoms with van der Waals surface area (Å²) in [5, 5.41) is 4.57. The molecular formula is C18H18ClF2N3O4S. The van der Waals surface area contributed by atoms with Crippen LogP contribution < -0.4 is 15.4 Å². The molecule has 0 radical (unpaired) electrons. The van der Waals surface area contributed by atoms with E-state index in [1.54, 1.807) is 13.8 Å². The number of amides is 2. The van der Waals surface area contributed by atoms with Gasteiger partial charge in [0.15, 0.2) is 11.6 Å². The molecule has 2 aromatic carbocycles. The van der Waals surface area contributed by atoms with E-state index in [1.165, 1.54) is 12.1 Å². The van der Waals surface area contributed by atoms with Gasteiger partial charge in [-0.15, -0.1) is 0 Å². The Morgan fingerprint density at radius 1 is 1.07 bits per heavy atom. The molecule has 0 bridgehead atoms. The molecule has 2 aromatic rings. The molecule has 3 N–H and O–H groups in total. The Labute approximate surface area is 171 Å². The predicted octanol–water partition coefficient (Wildman–Crippen LogP) is 2.67. The summed E-state index contributed by atoms with van der Waals surface area (Å²) in [5.41, 5.74) is -0.132. The Morgan fingerprint density at radius 2 is 1.76 bits per heavy atom. The van der Waals surface area contributed by atoms with Crippen molar-refractivity contribution < 1.29 is 26.8 Å². The Hall–Kier alpha value is -2.56. The molecule has 0 atom stereocenters. The van der Waals surface area contributed by atoms with Crippen molar-refractivity contribution in [2.24, 2.45) is 0 Å². The van der Waals surface area contributed by atoms with Crippen LogP contribution in [-0.2, 0) is 14.8 Å². The molecule has 0 aromatic heterocycles. The van der Waals surface area contributed by atoms with Gasteiger partial charge in [-0.2, -0.15) is 0 Å². The highest BCUT2D eigenvalue weighted by atomic mass is 35.5. The number of anilines is 1. The Bertz CT molecular complexity index is 1050. The average Bonchev–Trinajstić information content (AvgIpc) is 2.62. The number of hydrogen-bond donors (Lipinski definition) is 3. The van der Waals surface area contributed by atoms with E-state index in [-0.39, 0.29) is 27.2 Å². The van der Waals surface area contributed by atoms with Crippen molar-refractivity contribution in [1.82, 2.24) is 10.0 Å². The van der Waals surface area contributed by atoms with E-state index in [2.05, 4.69) is 15.4 Å². The summed E-state index contributed by atoms with van der Waals surface area (Å²) in [6, 6.07) is 6.04. The highest BCUT2D eigenvalue weighted by molar-refractivity contribution is 7.89. The maximum Gasteiger partial charge on any atom is 0.253 e. The molecule has 0 aliphatic rings. The van der Waals surface area contributed by atoms with E-state index in [9.17, 15) is 26.8 Å². The fourth-order valence-electron chi connectivity index (χ4n) is 2.26. The van der Waals surface area contributed by atoms with Crippen LogP contribution in [0.25, 0.3) is 0 Å². The number of carbonyl (C=O) groups excluding carboxylic acids is 2. The predicted molar refractivity (Wildman–Crippen MR) is 104 cm³/mol. The quantitative estimate of drug-likeness (QED) is 0.609. The van der Waals surface area contributed by atoms with Crippen molar-refractivity contribution >= 4 is 39.1 Å². The highest BCUT2D eigenvalue weighted by Gasteiger charge is 2.20. The minimum absolute atomic E-state index is 0.00740. The zero-order valence-electron chi connectivity index (χ0n) is 15.4. The van der Waals surface area contributed by atoms with Crippen LogP contribution in [0.15, 0.2) is 41.3 Å². The first-order valence-corrected chi connectivity index (χ1v) is 10.2. The van der Waals surface area contributed by atoms with Crippen LogP contribution >= 0.6 is 11.6 Å². The molecule has 0 aliphatic heterocycles. The largest absolute Gasteiger partial charge is 0.343 e. The molecule has 11 heteroatoms. The lowest BCUT2D eigenvalue weighted by molar-refractivity contribution is -0.115. The summed E-state index contributed by atoms with van der Waals surface area (Å²) in [5.74, 6) is -3.68. The molecule has 0 aliphatic carbocycles. The van der Waals surface area contributed by atoms with E-state index in [0.717, 1.165) is 24.3 Å². The number of halogens is 3. The third kappa shape index (κ3) is 6.21. The number of sulfonamides is 1. The summed E-state index contributed by atoms with van der Waals surface area (Å²) in [6.07, 6.45) is 0. The highest BCUT2D eigenvalue weighted by Crippen LogP contribution is 2.21. The molecule has 7 nitrogen and oxygen atoms in total. The van der Waals surface area contributed by atoms with Crippen LogP contribution in [0.5, 0.6) is 0 Å². The third-order valence-corrected chi connectivity index (χ3v) is 5.48. The maximum absolute atomic E-state index is 13.2. The van der Waals surface area contributed by atoms with Crippen LogP contribution in [0.2, 0.25) is 5.02 Å². The number of benzene rings is 2. The van der Waals surface area contributed by atoms with Crippen molar-refractivity contribution in [2.75, 3.05) is 11.9 Å². The van der Waals surface area contributed by atoms with Crippen molar-refractivity contribution in [3.05, 3.63) is 58.6 Å². The van der Waals surface area contributed by atoms with Crippen molar-refractivity contribution in [3.8, 4) is 0 Å². The van der Waals surface area contributed by atoms with Crippen LogP contribution in [0.3, 0.4) is 0 Å². The molecular weight excluding hydrogens is 428 g/mol. The fourth-order valence-corrected chi connectivity index (χ4v) is 3.74. The van der Waals surface area contributed by atoms with Gasteiger partial charge in [0, 0.05) is 17.8 Å². The number of rotatable bonds is 7. The van der Waals surface area contributed by atoms with Crippen LogP contribution in [-0.4, -0.2) is 32.8 Å². The monoisotopic (exact) mass is 445 g/mol. The van der Waals surface area contributed by atoms with Crippen LogP contribution in [0, 0.1) is 11.6 Å². The standard InChI is InChI=1S/C18H18ClF2N3O4S/c1-10(2)24-29(27,28)12-4-5-14(19)13(8-12)18(26)22-9-17(25)23-11-3-6-15(20)16(21)7-11/h3-8,10,24H,9H2,1-2H3,(H,22,26)(H,23,25). The van der Waals surface area contributed by atoms with Gasteiger partial charge in [0.25, 0.3) is 5.91 Å². The van der Waals surface area contributed by atoms with E-state index in [1.807, 2.05) is 0 Å². The first kappa shape index (κ1) is 22.7. The van der Waals surface area contributed by atoms with Crippen molar-refractivity contribution in [1.29, 1.82) is 0 Å². The molecule has 0 spiro atoms. The van der Waals surface area contributed by atoms with Gasteiger partial charge in [-0.1, -0.05) is 11.6 Å². The first-order chi connectivity index (χ1) is 13.5. The van der Waals surface area contributed by atoms with Crippen LogP contribution in [0.1, 0.15) is 24.2 Å². The lowest BCUT2D eigenvalue weighted by Gasteiger charge is -2.12. The van der Waals surface area contributed by atoms with Gasteiger partial charge in [-0.05, 0) is 44.2 Å². The molecule has 2 amide bonds.